The van der Waals surface area contributed by atoms with Gasteiger partial charge in [0.05, 0.1) is 5.02 Å². The van der Waals surface area contributed by atoms with Crippen LogP contribution in [0.15, 0.2) is 24.4 Å². The fourth-order valence-electron chi connectivity index (χ4n) is 1.68. The van der Waals surface area contributed by atoms with Crippen molar-refractivity contribution in [1.29, 1.82) is 0 Å². The van der Waals surface area contributed by atoms with Gasteiger partial charge in [0.1, 0.15) is 10.8 Å². The summed E-state index contributed by atoms with van der Waals surface area (Å²) in [4.78, 5) is 12.9. The molecule has 0 unspecified atom stereocenters. The van der Waals surface area contributed by atoms with Gasteiger partial charge in [0.25, 0.3) is 0 Å². The molecule has 3 rings (SSSR count). The molecule has 0 radical (unpaired) electrons. The number of pyridine rings is 1. The Bertz CT molecular complexity index is 567. The van der Waals surface area contributed by atoms with E-state index < -0.39 is 0 Å². The molecule has 0 spiro atoms. The molecule has 1 aliphatic carbocycles. The van der Waals surface area contributed by atoms with E-state index in [1.54, 1.807) is 18.3 Å². The van der Waals surface area contributed by atoms with Crippen LogP contribution in [-0.4, -0.2) is 15.0 Å². The minimum absolute atomic E-state index is 0.443. The van der Waals surface area contributed by atoms with Gasteiger partial charge in [-0.15, -0.1) is 0 Å². The molecular formula is C12H9Cl2N3. The van der Waals surface area contributed by atoms with Crippen LogP contribution >= 0.6 is 23.2 Å². The van der Waals surface area contributed by atoms with Crippen LogP contribution in [-0.2, 0) is 0 Å². The number of halogens is 2. The first-order chi connectivity index (χ1) is 8.24. The lowest BCUT2D eigenvalue weighted by molar-refractivity contribution is 0.987. The van der Waals surface area contributed by atoms with Crippen LogP contribution < -0.4 is 0 Å². The summed E-state index contributed by atoms with van der Waals surface area (Å²) < 4.78 is 0. The Labute approximate surface area is 109 Å². The van der Waals surface area contributed by atoms with Crippen molar-refractivity contribution < 1.29 is 0 Å². The van der Waals surface area contributed by atoms with E-state index in [0.717, 1.165) is 5.69 Å². The highest BCUT2D eigenvalue weighted by Crippen LogP contribution is 2.40. The van der Waals surface area contributed by atoms with E-state index in [1.807, 2.05) is 6.07 Å². The van der Waals surface area contributed by atoms with Crippen LogP contribution in [0.5, 0.6) is 0 Å². The normalized spacial score (nSPS) is 14.9. The van der Waals surface area contributed by atoms with Crippen LogP contribution in [0.2, 0.25) is 10.2 Å². The first kappa shape index (κ1) is 10.9. The van der Waals surface area contributed by atoms with E-state index in [1.165, 1.54) is 12.8 Å². The van der Waals surface area contributed by atoms with Gasteiger partial charge in [-0.2, -0.15) is 0 Å². The van der Waals surface area contributed by atoms with Crippen molar-refractivity contribution in [3.8, 4) is 11.5 Å². The van der Waals surface area contributed by atoms with Crippen molar-refractivity contribution in [2.75, 3.05) is 0 Å². The fourth-order valence-corrected chi connectivity index (χ4v) is 2.08. The summed E-state index contributed by atoms with van der Waals surface area (Å²) in [5.74, 6) is 1.03. The lowest BCUT2D eigenvalue weighted by atomic mass is 10.2. The first-order valence-electron chi connectivity index (χ1n) is 5.39. The zero-order valence-electron chi connectivity index (χ0n) is 8.90. The smallest absolute Gasteiger partial charge is 0.181 e. The summed E-state index contributed by atoms with van der Waals surface area (Å²) in [7, 11) is 0. The predicted molar refractivity (Wildman–Crippen MR) is 67.3 cm³/mol. The predicted octanol–water partition coefficient (Wildman–Crippen LogP) is 3.72. The average Bonchev–Trinajstić information content (AvgIpc) is 3.12. The Kier molecular flexibility index (Phi) is 2.73. The molecular weight excluding hydrogens is 257 g/mol. The molecule has 1 fully saturated rings. The van der Waals surface area contributed by atoms with Crippen LogP contribution in [0.25, 0.3) is 11.5 Å². The summed E-state index contributed by atoms with van der Waals surface area (Å²) in [6, 6.07) is 5.36. The van der Waals surface area contributed by atoms with E-state index in [0.29, 0.717) is 27.6 Å². The van der Waals surface area contributed by atoms with Crippen LogP contribution in [0.3, 0.4) is 0 Å². The minimum Gasteiger partial charge on any atom is -0.251 e. The number of hydrogen-bond acceptors (Lipinski definition) is 3. The third-order valence-corrected chi connectivity index (χ3v) is 3.18. The summed E-state index contributed by atoms with van der Waals surface area (Å²) >= 11 is 12.1. The van der Waals surface area contributed by atoms with E-state index >= 15 is 0 Å². The highest BCUT2D eigenvalue weighted by atomic mass is 35.5. The van der Waals surface area contributed by atoms with Crippen molar-refractivity contribution in [3.05, 3.63) is 40.3 Å². The Balaban J connectivity index is 2.11. The quantitative estimate of drug-likeness (QED) is 0.777. The molecule has 0 aromatic carbocycles. The number of aromatic nitrogens is 3. The Morgan fingerprint density at radius 3 is 2.71 bits per heavy atom. The lowest BCUT2D eigenvalue weighted by Crippen LogP contribution is -1.97. The van der Waals surface area contributed by atoms with Gasteiger partial charge in [-0.1, -0.05) is 23.2 Å². The highest BCUT2D eigenvalue weighted by Gasteiger charge is 2.26. The van der Waals surface area contributed by atoms with Gasteiger partial charge in [0.2, 0.25) is 0 Å². The summed E-state index contributed by atoms with van der Waals surface area (Å²) in [5, 5.41) is 0.982. The zero-order valence-corrected chi connectivity index (χ0v) is 10.4. The number of hydrogen-bond donors (Lipinski definition) is 0. The zero-order chi connectivity index (χ0) is 11.8. The molecule has 0 bridgehead atoms. The standard InChI is InChI=1S/C12H9Cl2N3/c13-8-2-1-5-15-11(8)12-16-9(7-3-4-7)6-10(14)17-12/h1-2,5-7H,3-4H2. The summed E-state index contributed by atoms with van der Waals surface area (Å²) in [5.41, 5.74) is 1.57. The summed E-state index contributed by atoms with van der Waals surface area (Å²) in [6.07, 6.45) is 4.01. The van der Waals surface area contributed by atoms with Gasteiger partial charge < -0.3 is 0 Å². The van der Waals surface area contributed by atoms with Gasteiger partial charge in [-0.3, -0.25) is 4.98 Å². The molecule has 0 aliphatic heterocycles. The molecule has 0 amide bonds. The molecule has 2 aromatic rings. The lowest BCUT2D eigenvalue weighted by Gasteiger charge is -2.04. The number of rotatable bonds is 2. The second-order valence-electron chi connectivity index (χ2n) is 4.05. The highest BCUT2D eigenvalue weighted by molar-refractivity contribution is 6.33. The van der Waals surface area contributed by atoms with E-state index in [4.69, 9.17) is 23.2 Å². The molecule has 17 heavy (non-hydrogen) atoms. The van der Waals surface area contributed by atoms with Gasteiger partial charge in [0, 0.05) is 17.8 Å². The van der Waals surface area contributed by atoms with Crippen LogP contribution in [0.4, 0.5) is 0 Å². The molecule has 3 nitrogen and oxygen atoms in total. The third kappa shape index (κ3) is 2.26. The molecule has 0 N–H and O–H groups in total. The van der Waals surface area contributed by atoms with Gasteiger partial charge in [-0.05, 0) is 31.0 Å². The molecule has 2 aromatic heterocycles. The maximum Gasteiger partial charge on any atom is 0.181 e. The SMILES string of the molecule is Clc1cc(C2CC2)nc(-c2ncccc2Cl)n1. The average molecular weight is 266 g/mol. The molecule has 0 saturated heterocycles. The number of nitrogens with zero attached hydrogens (tertiary/aromatic N) is 3. The molecule has 2 heterocycles. The summed E-state index contributed by atoms with van der Waals surface area (Å²) in [6.45, 7) is 0. The van der Waals surface area contributed by atoms with Gasteiger partial charge in [-0.25, -0.2) is 9.97 Å². The van der Waals surface area contributed by atoms with Crippen molar-refractivity contribution in [1.82, 2.24) is 15.0 Å². The third-order valence-electron chi connectivity index (χ3n) is 2.68. The van der Waals surface area contributed by atoms with E-state index in [2.05, 4.69) is 15.0 Å². The van der Waals surface area contributed by atoms with Crippen molar-refractivity contribution in [2.45, 2.75) is 18.8 Å². The molecule has 0 atom stereocenters. The second kappa shape index (κ2) is 4.24. The molecule has 5 heteroatoms. The minimum atomic E-state index is 0.443. The molecule has 86 valence electrons. The Morgan fingerprint density at radius 2 is 2.00 bits per heavy atom. The Morgan fingerprint density at radius 1 is 1.18 bits per heavy atom. The molecule has 1 saturated carbocycles. The van der Waals surface area contributed by atoms with Crippen molar-refractivity contribution >= 4 is 23.2 Å². The monoisotopic (exact) mass is 265 g/mol. The van der Waals surface area contributed by atoms with Gasteiger partial charge >= 0.3 is 0 Å². The fraction of sp³-hybridized carbons (Fsp3) is 0.250. The van der Waals surface area contributed by atoms with E-state index in [9.17, 15) is 0 Å². The Hall–Kier alpha value is -1.19. The maximum absolute atomic E-state index is 6.07. The second-order valence-corrected chi connectivity index (χ2v) is 4.84. The van der Waals surface area contributed by atoms with Gasteiger partial charge in [0.15, 0.2) is 5.82 Å². The van der Waals surface area contributed by atoms with E-state index in [-0.39, 0.29) is 0 Å². The topological polar surface area (TPSA) is 38.7 Å². The van der Waals surface area contributed by atoms with Crippen molar-refractivity contribution in [3.63, 3.8) is 0 Å². The largest absolute Gasteiger partial charge is 0.251 e. The van der Waals surface area contributed by atoms with Crippen LogP contribution in [0, 0.1) is 0 Å². The maximum atomic E-state index is 6.07. The van der Waals surface area contributed by atoms with Crippen LogP contribution in [0.1, 0.15) is 24.5 Å². The van der Waals surface area contributed by atoms with Crippen molar-refractivity contribution in [2.24, 2.45) is 0 Å². The first-order valence-corrected chi connectivity index (χ1v) is 6.15. The molecule has 1 aliphatic rings.